The van der Waals surface area contributed by atoms with Gasteiger partial charge in [0.1, 0.15) is 0 Å². The van der Waals surface area contributed by atoms with E-state index in [9.17, 15) is 0 Å². The maximum Gasteiger partial charge on any atom is 0.166 e. The molecule has 66 heavy (non-hydrogen) atoms. The number of hydrogen-bond acceptors (Lipinski definition) is 4. The minimum absolute atomic E-state index is 0.606. The van der Waals surface area contributed by atoms with Gasteiger partial charge in [0.25, 0.3) is 0 Å². The van der Waals surface area contributed by atoms with Crippen LogP contribution in [-0.4, -0.2) is 19.5 Å². The Bertz CT molecular complexity index is 3650. The van der Waals surface area contributed by atoms with E-state index in [-0.39, 0.29) is 0 Å². The van der Waals surface area contributed by atoms with Gasteiger partial charge >= 0.3 is 0 Å². The Kier molecular flexibility index (Phi) is 9.55. The van der Waals surface area contributed by atoms with Crippen LogP contribution in [-0.2, 0) is 0 Å². The normalized spacial score (nSPS) is 11.6. The molecule has 0 N–H and O–H groups in total. The van der Waals surface area contributed by atoms with E-state index in [1.54, 1.807) is 0 Å². The number of thiophene rings is 1. The van der Waals surface area contributed by atoms with E-state index in [0.29, 0.717) is 17.5 Å². The predicted octanol–water partition coefficient (Wildman–Crippen LogP) is 16.6. The van der Waals surface area contributed by atoms with Crippen molar-refractivity contribution in [2.45, 2.75) is 27.7 Å². The van der Waals surface area contributed by atoms with Gasteiger partial charge in [-0.15, -0.1) is 11.3 Å². The highest BCUT2D eigenvalue weighted by Crippen LogP contribution is 2.44. The third kappa shape index (κ3) is 6.96. The van der Waals surface area contributed by atoms with Crippen LogP contribution in [0.5, 0.6) is 0 Å². The summed E-state index contributed by atoms with van der Waals surface area (Å²) < 4.78 is 4.99. The van der Waals surface area contributed by atoms with Crippen molar-refractivity contribution in [2.75, 3.05) is 0 Å². The van der Waals surface area contributed by atoms with Crippen LogP contribution in [0, 0.1) is 27.7 Å². The van der Waals surface area contributed by atoms with Gasteiger partial charge in [-0.05, 0) is 91.4 Å². The monoisotopic (exact) mass is 864 g/mol. The molecule has 12 rings (SSSR count). The Morgan fingerprint density at radius 2 is 0.833 bits per heavy atom. The molecule has 0 aliphatic carbocycles. The van der Waals surface area contributed by atoms with Crippen molar-refractivity contribution in [3.05, 3.63) is 216 Å². The lowest BCUT2D eigenvalue weighted by Crippen LogP contribution is -2.04. The number of hydrogen-bond donors (Lipinski definition) is 0. The first-order valence-corrected chi connectivity index (χ1v) is 23.3. The second-order valence-corrected chi connectivity index (χ2v) is 18.7. The van der Waals surface area contributed by atoms with Gasteiger partial charge in [-0.2, -0.15) is 0 Å². The largest absolute Gasteiger partial charge is 0.308 e. The molecule has 3 heterocycles. The van der Waals surface area contributed by atoms with Crippen LogP contribution in [0.4, 0.5) is 0 Å². The summed E-state index contributed by atoms with van der Waals surface area (Å²) in [5, 5.41) is 4.90. The van der Waals surface area contributed by atoms with Crippen molar-refractivity contribution in [3.63, 3.8) is 0 Å². The summed E-state index contributed by atoms with van der Waals surface area (Å²) in [6.07, 6.45) is 0. The van der Waals surface area contributed by atoms with Crippen LogP contribution in [0.25, 0.3) is 115 Å². The smallest absolute Gasteiger partial charge is 0.166 e. The van der Waals surface area contributed by atoms with Crippen LogP contribution in [0.1, 0.15) is 22.3 Å². The summed E-state index contributed by atoms with van der Waals surface area (Å²) >= 11 is 1.85. The highest BCUT2D eigenvalue weighted by molar-refractivity contribution is 7.26. The van der Waals surface area contributed by atoms with E-state index < -0.39 is 0 Å². The Hall–Kier alpha value is -7.99. The zero-order chi connectivity index (χ0) is 44.5. The number of benzene rings is 9. The molecule has 0 amide bonds. The Morgan fingerprint density at radius 3 is 1.41 bits per heavy atom. The van der Waals surface area contributed by atoms with E-state index in [1.165, 1.54) is 81.0 Å². The summed E-state index contributed by atoms with van der Waals surface area (Å²) in [6.45, 7) is 8.71. The molecule has 314 valence electrons. The number of nitrogens with zero attached hydrogens (tertiary/aromatic N) is 4. The first kappa shape index (κ1) is 39.6. The molecule has 0 radical (unpaired) electrons. The maximum atomic E-state index is 5.40. The van der Waals surface area contributed by atoms with Crippen molar-refractivity contribution in [1.82, 2.24) is 19.5 Å². The fourth-order valence-electron chi connectivity index (χ4n) is 9.90. The summed E-state index contributed by atoms with van der Waals surface area (Å²) in [5.41, 5.74) is 18.0. The second-order valence-electron chi connectivity index (χ2n) is 17.6. The minimum Gasteiger partial charge on any atom is -0.308 e. The molecule has 4 nitrogen and oxygen atoms in total. The zero-order valence-electron chi connectivity index (χ0n) is 37.2. The molecule has 5 heteroatoms. The van der Waals surface area contributed by atoms with E-state index >= 15 is 0 Å². The highest BCUT2D eigenvalue weighted by Gasteiger charge is 2.22. The van der Waals surface area contributed by atoms with Gasteiger partial charge in [-0.25, -0.2) is 15.0 Å². The van der Waals surface area contributed by atoms with Crippen LogP contribution in [0.2, 0.25) is 0 Å². The number of fused-ring (bicyclic) bond motifs is 6. The maximum absolute atomic E-state index is 5.40. The summed E-state index contributed by atoms with van der Waals surface area (Å²) in [7, 11) is 0. The topological polar surface area (TPSA) is 43.6 Å². The molecule has 9 aromatic carbocycles. The van der Waals surface area contributed by atoms with Gasteiger partial charge in [-0.1, -0.05) is 186 Å². The van der Waals surface area contributed by atoms with Gasteiger partial charge in [0.2, 0.25) is 0 Å². The molecule has 0 aliphatic heterocycles. The molecule has 0 saturated heterocycles. The van der Waals surface area contributed by atoms with Crippen molar-refractivity contribution in [2.24, 2.45) is 0 Å². The van der Waals surface area contributed by atoms with Crippen LogP contribution >= 0.6 is 11.3 Å². The van der Waals surface area contributed by atoms with Crippen LogP contribution < -0.4 is 0 Å². The lowest BCUT2D eigenvalue weighted by Gasteiger charge is -2.17. The molecule has 0 atom stereocenters. The lowest BCUT2D eigenvalue weighted by molar-refractivity contribution is 1.06. The molecular formula is C61H44N4S. The standard InChI is InChI=1S/C61H44N4S/c1-37-28-38(2)31-46(30-37)43-22-25-49-50-26-23-44(47-32-39(3)29-40(4)33-47)36-56(50)65(55(49)35-43)54-27-24-45(48-19-13-20-52-51-18-11-12-21-57(51)66-58(48)52)34-53(54)61-63-59(41-14-7-5-8-15-41)62-60(64-61)42-16-9-6-10-17-42/h5-36H,1-4H3. The summed E-state index contributed by atoms with van der Waals surface area (Å²) in [5.74, 6) is 1.85. The Morgan fingerprint density at radius 1 is 0.333 bits per heavy atom. The third-order valence-electron chi connectivity index (χ3n) is 12.8. The van der Waals surface area contributed by atoms with Gasteiger partial charge in [-0.3, -0.25) is 0 Å². The number of aryl methyl sites for hydroxylation is 4. The molecular weight excluding hydrogens is 821 g/mol. The minimum atomic E-state index is 0.606. The third-order valence-corrected chi connectivity index (χ3v) is 14.0. The molecule has 0 saturated carbocycles. The van der Waals surface area contributed by atoms with Gasteiger partial charge in [0.15, 0.2) is 17.5 Å². The summed E-state index contributed by atoms with van der Waals surface area (Å²) in [4.78, 5) is 15.9. The number of rotatable bonds is 7. The lowest BCUT2D eigenvalue weighted by atomic mass is 9.98. The quantitative estimate of drug-likeness (QED) is 0.160. The Balaban J connectivity index is 1.19. The zero-order valence-corrected chi connectivity index (χ0v) is 38.0. The van der Waals surface area contributed by atoms with Gasteiger partial charge < -0.3 is 4.57 Å². The molecule has 0 unspecified atom stereocenters. The first-order valence-electron chi connectivity index (χ1n) is 22.5. The van der Waals surface area contributed by atoms with Crippen molar-refractivity contribution < 1.29 is 0 Å². The fourth-order valence-corrected chi connectivity index (χ4v) is 11.1. The number of aromatic nitrogens is 4. The molecule has 12 aromatic rings. The van der Waals surface area contributed by atoms with E-state index in [4.69, 9.17) is 15.0 Å². The van der Waals surface area contributed by atoms with E-state index in [1.807, 2.05) is 47.7 Å². The SMILES string of the molecule is Cc1cc(C)cc(-c2ccc3c4ccc(-c5cc(C)cc(C)c5)cc4n(-c4ccc(-c5cccc6c5sc5ccccc56)cc4-c4nc(-c5ccccc5)nc(-c5ccccc5)n4)c3c2)c1. The average Bonchev–Trinajstić information content (AvgIpc) is 3.89. The molecule has 0 fully saturated rings. The fraction of sp³-hybridized carbons (Fsp3) is 0.0656. The van der Waals surface area contributed by atoms with Crippen molar-refractivity contribution in [3.8, 4) is 73.2 Å². The molecule has 0 spiro atoms. The second kappa shape index (κ2) is 15.9. The van der Waals surface area contributed by atoms with Crippen LogP contribution in [0.15, 0.2) is 194 Å². The van der Waals surface area contributed by atoms with Crippen molar-refractivity contribution in [1.29, 1.82) is 0 Å². The van der Waals surface area contributed by atoms with Gasteiger partial charge in [0.05, 0.1) is 16.7 Å². The van der Waals surface area contributed by atoms with Gasteiger partial charge in [0, 0.05) is 47.6 Å². The van der Waals surface area contributed by atoms with Crippen molar-refractivity contribution >= 4 is 53.3 Å². The first-order chi connectivity index (χ1) is 32.3. The van der Waals surface area contributed by atoms with Crippen LogP contribution in [0.3, 0.4) is 0 Å². The van der Waals surface area contributed by atoms with E-state index in [0.717, 1.165) is 39.0 Å². The average molecular weight is 865 g/mol. The predicted molar refractivity (Wildman–Crippen MR) is 279 cm³/mol. The highest BCUT2D eigenvalue weighted by atomic mass is 32.1. The molecule has 0 bridgehead atoms. The molecule has 0 aliphatic rings. The van der Waals surface area contributed by atoms with E-state index in [2.05, 4.69) is 190 Å². The molecule has 3 aromatic heterocycles. The Labute approximate surface area is 388 Å². The summed E-state index contributed by atoms with van der Waals surface area (Å²) in [6, 6.07) is 70.3.